The van der Waals surface area contributed by atoms with Crippen LogP contribution < -0.4 is 26.0 Å². The number of rotatable bonds is 7. The number of nitrogen functional groups attached to an aromatic ring is 1. The summed E-state index contributed by atoms with van der Waals surface area (Å²) in [4.78, 5) is 22.6. The number of hydrogen-bond acceptors (Lipinski definition) is 7. The second kappa shape index (κ2) is 9.60. The van der Waals surface area contributed by atoms with Crippen LogP contribution in [0.5, 0.6) is 6.01 Å². The lowest BCUT2D eigenvalue weighted by Gasteiger charge is -2.23. The number of benzene rings is 1. The average molecular weight is 447 g/mol. The Bertz CT molecular complexity index is 931. The van der Waals surface area contributed by atoms with Crippen molar-refractivity contribution in [3.05, 3.63) is 34.9 Å². The SMILES string of the molecule is CC(=O)NC1CCN(c2nc(OCC(C)(C)C)nc(NCc3ccccc3Cl)c2N)C1. The topological polar surface area (TPSA) is 105 Å². The summed E-state index contributed by atoms with van der Waals surface area (Å²) in [6, 6.07) is 7.94. The number of nitrogens with two attached hydrogens (primary N) is 1. The van der Waals surface area contributed by atoms with Crippen molar-refractivity contribution in [1.82, 2.24) is 15.3 Å². The van der Waals surface area contributed by atoms with Gasteiger partial charge >= 0.3 is 6.01 Å². The first-order valence-corrected chi connectivity index (χ1v) is 10.8. The standard InChI is InChI=1S/C22H31ClN6O2/c1-14(30)26-16-9-10-29(12-16)20-18(24)19(25-11-15-7-5-6-8-17(15)23)27-21(28-20)31-13-22(2,3)4/h5-8,16H,9-13,24H2,1-4H3,(H,26,30)(H,25,27,28). The minimum absolute atomic E-state index is 0.0415. The predicted molar refractivity (Wildman–Crippen MR) is 125 cm³/mol. The van der Waals surface area contributed by atoms with Crippen molar-refractivity contribution in [2.24, 2.45) is 5.41 Å². The summed E-state index contributed by atoms with van der Waals surface area (Å²) in [6.45, 7) is 10.1. The van der Waals surface area contributed by atoms with Crippen LogP contribution >= 0.6 is 11.6 Å². The molecule has 1 atom stereocenters. The molecule has 8 nitrogen and oxygen atoms in total. The van der Waals surface area contributed by atoms with Crippen LogP contribution in [-0.4, -0.2) is 41.6 Å². The molecular weight excluding hydrogens is 416 g/mol. The number of amides is 1. The van der Waals surface area contributed by atoms with Gasteiger partial charge in [0.15, 0.2) is 11.6 Å². The molecule has 1 saturated heterocycles. The third-order valence-corrected chi connectivity index (χ3v) is 5.21. The molecule has 1 aliphatic rings. The number of nitrogens with zero attached hydrogens (tertiary/aromatic N) is 3. The van der Waals surface area contributed by atoms with Crippen molar-refractivity contribution in [2.45, 2.75) is 46.7 Å². The van der Waals surface area contributed by atoms with E-state index in [1.807, 2.05) is 24.3 Å². The maximum absolute atomic E-state index is 11.4. The number of hydrogen-bond donors (Lipinski definition) is 3. The molecule has 2 aromatic rings. The zero-order chi connectivity index (χ0) is 22.6. The van der Waals surface area contributed by atoms with Crippen molar-refractivity contribution < 1.29 is 9.53 Å². The molecule has 0 bridgehead atoms. The van der Waals surface area contributed by atoms with Gasteiger partial charge in [-0.3, -0.25) is 4.79 Å². The Morgan fingerprint density at radius 3 is 2.74 bits per heavy atom. The summed E-state index contributed by atoms with van der Waals surface area (Å²) in [5.41, 5.74) is 7.80. The number of nitrogens with one attached hydrogen (secondary N) is 2. The molecule has 0 radical (unpaired) electrons. The third kappa shape index (κ3) is 6.37. The van der Waals surface area contributed by atoms with Gasteiger partial charge in [0.05, 0.1) is 6.61 Å². The Morgan fingerprint density at radius 2 is 2.06 bits per heavy atom. The van der Waals surface area contributed by atoms with Gasteiger partial charge in [-0.25, -0.2) is 0 Å². The molecular formula is C22H31ClN6O2. The van der Waals surface area contributed by atoms with E-state index in [9.17, 15) is 4.79 Å². The van der Waals surface area contributed by atoms with Gasteiger partial charge in [-0.15, -0.1) is 0 Å². The largest absolute Gasteiger partial charge is 0.463 e. The van der Waals surface area contributed by atoms with Crippen LogP contribution in [0.15, 0.2) is 24.3 Å². The lowest BCUT2D eigenvalue weighted by molar-refractivity contribution is -0.119. The van der Waals surface area contributed by atoms with E-state index in [1.165, 1.54) is 6.92 Å². The summed E-state index contributed by atoms with van der Waals surface area (Å²) in [6.07, 6.45) is 0.823. The lowest BCUT2D eigenvalue weighted by atomic mass is 9.99. The normalized spacial score (nSPS) is 16.3. The number of ether oxygens (including phenoxy) is 1. The van der Waals surface area contributed by atoms with Crippen LogP contribution in [0.3, 0.4) is 0 Å². The predicted octanol–water partition coefficient (Wildman–Crippen LogP) is 3.46. The fraction of sp³-hybridized carbons (Fsp3) is 0.500. The molecule has 0 saturated carbocycles. The lowest BCUT2D eigenvalue weighted by Crippen LogP contribution is -2.36. The molecule has 1 unspecified atom stereocenters. The van der Waals surface area contributed by atoms with Crippen LogP contribution in [0, 0.1) is 5.41 Å². The van der Waals surface area contributed by atoms with Gasteiger partial charge in [0, 0.05) is 37.6 Å². The van der Waals surface area contributed by atoms with Gasteiger partial charge in [0.1, 0.15) is 5.69 Å². The van der Waals surface area contributed by atoms with E-state index in [2.05, 4.69) is 46.3 Å². The van der Waals surface area contributed by atoms with Crippen LogP contribution in [0.4, 0.5) is 17.3 Å². The highest BCUT2D eigenvalue weighted by atomic mass is 35.5. The minimum Gasteiger partial charge on any atom is -0.463 e. The molecule has 3 rings (SSSR count). The van der Waals surface area contributed by atoms with E-state index in [0.717, 1.165) is 18.5 Å². The Morgan fingerprint density at radius 1 is 1.32 bits per heavy atom. The Balaban J connectivity index is 1.85. The van der Waals surface area contributed by atoms with E-state index in [0.29, 0.717) is 42.0 Å². The fourth-order valence-electron chi connectivity index (χ4n) is 3.34. The number of aromatic nitrogens is 2. The van der Waals surface area contributed by atoms with Crippen LogP contribution in [-0.2, 0) is 11.3 Å². The summed E-state index contributed by atoms with van der Waals surface area (Å²) < 4.78 is 5.89. The maximum Gasteiger partial charge on any atom is 0.320 e. The van der Waals surface area contributed by atoms with Gasteiger partial charge in [-0.1, -0.05) is 50.6 Å². The van der Waals surface area contributed by atoms with Crippen molar-refractivity contribution in [2.75, 3.05) is 35.6 Å². The second-order valence-corrected chi connectivity index (χ2v) is 9.43. The molecule has 0 aliphatic carbocycles. The van der Waals surface area contributed by atoms with E-state index in [1.54, 1.807) is 0 Å². The molecule has 1 fully saturated rings. The Hall–Kier alpha value is -2.74. The minimum atomic E-state index is -0.0428. The first-order valence-electron chi connectivity index (χ1n) is 10.4. The van der Waals surface area contributed by atoms with Gasteiger partial charge in [0.2, 0.25) is 5.91 Å². The zero-order valence-corrected chi connectivity index (χ0v) is 19.3. The average Bonchev–Trinajstić information content (AvgIpc) is 3.14. The number of carbonyl (C=O) groups excluding carboxylic acids is 1. The van der Waals surface area contributed by atoms with Gasteiger partial charge in [0.25, 0.3) is 0 Å². The molecule has 1 aliphatic heterocycles. The van der Waals surface area contributed by atoms with Crippen LogP contribution in [0.25, 0.3) is 0 Å². The summed E-state index contributed by atoms with van der Waals surface area (Å²) in [5.74, 6) is 1.06. The summed E-state index contributed by atoms with van der Waals surface area (Å²) in [5, 5.41) is 6.91. The highest BCUT2D eigenvalue weighted by Crippen LogP contribution is 2.33. The van der Waals surface area contributed by atoms with Crippen LogP contribution in [0.1, 0.15) is 39.7 Å². The molecule has 1 aromatic heterocycles. The highest BCUT2D eigenvalue weighted by molar-refractivity contribution is 6.31. The Labute approximate surface area is 188 Å². The summed E-state index contributed by atoms with van der Waals surface area (Å²) >= 11 is 6.28. The number of carbonyl (C=O) groups is 1. The zero-order valence-electron chi connectivity index (χ0n) is 18.5. The summed E-state index contributed by atoms with van der Waals surface area (Å²) in [7, 11) is 0. The van der Waals surface area contributed by atoms with Gasteiger partial charge < -0.3 is 26.0 Å². The molecule has 9 heteroatoms. The van der Waals surface area contributed by atoms with Crippen molar-refractivity contribution >= 4 is 34.8 Å². The molecule has 168 valence electrons. The van der Waals surface area contributed by atoms with Crippen LogP contribution in [0.2, 0.25) is 5.02 Å². The van der Waals surface area contributed by atoms with Crippen molar-refractivity contribution in [1.29, 1.82) is 0 Å². The van der Waals surface area contributed by atoms with E-state index in [4.69, 9.17) is 22.1 Å². The number of anilines is 3. The fourth-order valence-corrected chi connectivity index (χ4v) is 3.54. The molecule has 0 spiro atoms. The van der Waals surface area contributed by atoms with E-state index >= 15 is 0 Å². The quantitative estimate of drug-likeness (QED) is 0.598. The van der Waals surface area contributed by atoms with Crippen molar-refractivity contribution in [3.63, 3.8) is 0 Å². The third-order valence-electron chi connectivity index (χ3n) is 4.84. The highest BCUT2D eigenvalue weighted by Gasteiger charge is 2.27. The molecule has 1 aromatic carbocycles. The monoisotopic (exact) mass is 446 g/mol. The first kappa shape index (κ1) is 22.9. The number of halogens is 1. The van der Waals surface area contributed by atoms with E-state index < -0.39 is 0 Å². The smallest absolute Gasteiger partial charge is 0.320 e. The van der Waals surface area contributed by atoms with Gasteiger partial charge in [-0.2, -0.15) is 9.97 Å². The first-order chi connectivity index (χ1) is 14.6. The molecule has 1 amide bonds. The second-order valence-electron chi connectivity index (χ2n) is 9.02. The maximum atomic E-state index is 11.4. The Kier molecular flexibility index (Phi) is 7.10. The molecule has 31 heavy (non-hydrogen) atoms. The molecule has 2 heterocycles. The molecule has 4 N–H and O–H groups in total. The van der Waals surface area contributed by atoms with Crippen molar-refractivity contribution in [3.8, 4) is 6.01 Å². The van der Waals surface area contributed by atoms with E-state index in [-0.39, 0.29) is 23.4 Å². The van der Waals surface area contributed by atoms with Gasteiger partial charge in [-0.05, 0) is 23.5 Å².